The molecule has 1 aromatic heterocycles. The summed E-state index contributed by atoms with van der Waals surface area (Å²) in [7, 11) is 0. The van der Waals surface area contributed by atoms with E-state index in [0.29, 0.717) is 24.6 Å². The first-order chi connectivity index (χ1) is 12.5. The largest absolute Gasteiger partial charge is 0.325 e. The van der Waals surface area contributed by atoms with Crippen LogP contribution < -0.4 is 10.6 Å². The van der Waals surface area contributed by atoms with Gasteiger partial charge in [0.2, 0.25) is 5.91 Å². The van der Waals surface area contributed by atoms with Crippen molar-refractivity contribution in [3.63, 3.8) is 0 Å². The molecule has 1 spiro atoms. The molecule has 1 aliphatic carbocycles. The number of hydrogen-bond donors (Lipinski definition) is 2. The maximum absolute atomic E-state index is 13.1. The van der Waals surface area contributed by atoms with Crippen molar-refractivity contribution in [2.24, 2.45) is 11.3 Å². The molecule has 1 saturated heterocycles. The van der Waals surface area contributed by atoms with E-state index < -0.39 is 17.5 Å². The van der Waals surface area contributed by atoms with Crippen molar-refractivity contribution in [2.75, 3.05) is 11.9 Å². The second kappa shape index (κ2) is 6.65. The summed E-state index contributed by atoms with van der Waals surface area (Å²) in [5, 5.41) is 9.80. The molecular weight excluding hydrogens is 346 g/mol. The lowest BCUT2D eigenvalue weighted by Gasteiger charge is -2.43. The summed E-state index contributed by atoms with van der Waals surface area (Å²) in [5.74, 6) is 0.164. The van der Waals surface area contributed by atoms with E-state index in [1.165, 1.54) is 0 Å². The standard InChI is InChI=1S/C19H29N5O3/c1-12(2)24-14(6-7-20-24)21-15(25)10-23-16(26)19(22-17(23)27)9-13(3)8-18(4,5)11-19/h6-7,12-13H,8-11H2,1-5H3,(H,21,25)(H,22,27). The van der Waals surface area contributed by atoms with Gasteiger partial charge in [0.25, 0.3) is 5.91 Å². The molecule has 8 nitrogen and oxygen atoms in total. The molecule has 2 unspecified atom stereocenters. The van der Waals surface area contributed by atoms with Gasteiger partial charge in [-0.15, -0.1) is 0 Å². The van der Waals surface area contributed by atoms with Gasteiger partial charge >= 0.3 is 6.03 Å². The number of urea groups is 1. The van der Waals surface area contributed by atoms with E-state index in [2.05, 4.69) is 36.5 Å². The Morgan fingerprint density at radius 3 is 2.70 bits per heavy atom. The highest BCUT2D eigenvalue weighted by Crippen LogP contribution is 2.46. The number of imide groups is 1. The van der Waals surface area contributed by atoms with E-state index in [1.54, 1.807) is 16.9 Å². The third kappa shape index (κ3) is 3.70. The average molecular weight is 375 g/mol. The minimum atomic E-state index is -0.891. The van der Waals surface area contributed by atoms with E-state index in [0.717, 1.165) is 11.3 Å². The molecule has 1 aromatic rings. The fourth-order valence-corrected chi connectivity index (χ4v) is 4.80. The first-order valence-electron chi connectivity index (χ1n) is 9.50. The molecule has 1 saturated carbocycles. The number of anilines is 1. The van der Waals surface area contributed by atoms with Gasteiger partial charge in [0.05, 0.1) is 6.20 Å². The van der Waals surface area contributed by atoms with E-state index in [4.69, 9.17) is 0 Å². The van der Waals surface area contributed by atoms with Crippen molar-refractivity contribution >= 4 is 23.7 Å². The Kier molecular flexibility index (Phi) is 4.78. The summed E-state index contributed by atoms with van der Waals surface area (Å²) in [5.41, 5.74) is -0.930. The molecule has 2 atom stereocenters. The Hall–Kier alpha value is -2.38. The van der Waals surface area contributed by atoms with Crippen molar-refractivity contribution < 1.29 is 14.4 Å². The SMILES string of the molecule is CC1CC(C)(C)CC2(C1)NC(=O)N(CC(=O)Nc1ccnn1C(C)C)C2=O. The van der Waals surface area contributed by atoms with Gasteiger partial charge in [0, 0.05) is 12.1 Å². The number of carbonyl (C=O) groups is 3. The van der Waals surface area contributed by atoms with Gasteiger partial charge in [0.15, 0.2) is 0 Å². The van der Waals surface area contributed by atoms with E-state index in [1.807, 2.05) is 13.8 Å². The lowest BCUT2D eigenvalue weighted by Crippen LogP contribution is -2.54. The van der Waals surface area contributed by atoms with Crippen LogP contribution in [0.2, 0.25) is 0 Å². The quantitative estimate of drug-likeness (QED) is 0.791. The number of nitrogens with one attached hydrogen (secondary N) is 2. The van der Waals surface area contributed by atoms with Crippen LogP contribution in [0.25, 0.3) is 0 Å². The maximum Gasteiger partial charge on any atom is 0.325 e. The summed E-state index contributed by atoms with van der Waals surface area (Å²) in [6.07, 6.45) is 3.81. The first kappa shape index (κ1) is 19.4. The molecule has 3 rings (SSSR count). The van der Waals surface area contributed by atoms with Crippen LogP contribution >= 0.6 is 0 Å². The van der Waals surface area contributed by atoms with Gasteiger partial charge in [-0.3, -0.25) is 14.5 Å². The third-order valence-corrected chi connectivity index (χ3v) is 5.35. The molecule has 2 N–H and O–H groups in total. The van der Waals surface area contributed by atoms with Crippen LogP contribution in [-0.2, 0) is 9.59 Å². The molecule has 0 radical (unpaired) electrons. The lowest BCUT2D eigenvalue weighted by atomic mass is 9.64. The summed E-state index contributed by atoms with van der Waals surface area (Å²) >= 11 is 0. The molecule has 0 aromatic carbocycles. The highest BCUT2D eigenvalue weighted by Gasteiger charge is 2.56. The molecule has 0 bridgehead atoms. The minimum Gasteiger partial charge on any atom is -0.323 e. The fourth-order valence-electron chi connectivity index (χ4n) is 4.80. The van der Waals surface area contributed by atoms with Crippen molar-refractivity contribution in [1.82, 2.24) is 20.0 Å². The average Bonchev–Trinajstić information content (AvgIpc) is 3.04. The number of nitrogens with zero attached hydrogens (tertiary/aromatic N) is 3. The Balaban J connectivity index is 1.72. The second-order valence-electron chi connectivity index (χ2n) is 9.06. The van der Waals surface area contributed by atoms with Crippen LogP contribution in [0.4, 0.5) is 10.6 Å². The molecule has 8 heteroatoms. The Morgan fingerprint density at radius 1 is 1.37 bits per heavy atom. The smallest absolute Gasteiger partial charge is 0.323 e. The molecule has 148 valence electrons. The lowest BCUT2D eigenvalue weighted by molar-refractivity contribution is -0.136. The predicted molar refractivity (Wildman–Crippen MR) is 101 cm³/mol. The highest BCUT2D eigenvalue weighted by atomic mass is 16.2. The monoisotopic (exact) mass is 375 g/mol. The number of aromatic nitrogens is 2. The minimum absolute atomic E-state index is 0.0390. The van der Waals surface area contributed by atoms with Crippen molar-refractivity contribution in [2.45, 2.75) is 65.5 Å². The number of carbonyl (C=O) groups excluding carboxylic acids is 3. The fraction of sp³-hybridized carbons (Fsp3) is 0.684. The van der Waals surface area contributed by atoms with Crippen LogP contribution in [0.3, 0.4) is 0 Å². The third-order valence-electron chi connectivity index (χ3n) is 5.35. The van der Waals surface area contributed by atoms with Gasteiger partial charge < -0.3 is 10.6 Å². The first-order valence-corrected chi connectivity index (χ1v) is 9.50. The van der Waals surface area contributed by atoms with Gasteiger partial charge in [-0.2, -0.15) is 5.10 Å². The Morgan fingerprint density at radius 2 is 2.07 bits per heavy atom. The van der Waals surface area contributed by atoms with Crippen LogP contribution in [0.15, 0.2) is 12.3 Å². The molecule has 1 aliphatic heterocycles. The molecule has 2 heterocycles. The van der Waals surface area contributed by atoms with Gasteiger partial charge in [-0.25, -0.2) is 9.48 Å². The van der Waals surface area contributed by atoms with E-state index in [-0.39, 0.29) is 23.9 Å². The number of rotatable bonds is 4. The normalized spacial score (nSPS) is 27.3. The zero-order valence-corrected chi connectivity index (χ0v) is 16.7. The van der Waals surface area contributed by atoms with Crippen LogP contribution in [0.1, 0.15) is 59.9 Å². The maximum atomic E-state index is 13.1. The number of hydrogen-bond acceptors (Lipinski definition) is 4. The van der Waals surface area contributed by atoms with E-state index >= 15 is 0 Å². The molecule has 2 aliphatic rings. The van der Waals surface area contributed by atoms with E-state index in [9.17, 15) is 14.4 Å². The van der Waals surface area contributed by atoms with Crippen molar-refractivity contribution in [3.05, 3.63) is 12.3 Å². The Labute approximate surface area is 159 Å². The number of amides is 4. The topological polar surface area (TPSA) is 96.3 Å². The molecule has 4 amide bonds. The summed E-state index contributed by atoms with van der Waals surface area (Å²) < 4.78 is 1.68. The van der Waals surface area contributed by atoms with Crippen LogP contribution in [-0.4, -0.2) is 44.6 Å². The zero-order chi connectivity index (χ0) is 20.0. The van der Waals surface area contributed by atoms with Gasteiger partial charge in [-0.1, -0.05) is 20.8 Å². The van der Waals surface area contributed by atoms with Crippen LogP contribution in [0, 0.1) is 11.3 Å². The van der Waals surface area contributed by atoms with Gasteiger partial charge in [0.1, 0.15) is 17.9 Å². The van der Waals surface area contributed by atoms with Crippen molar-refractivity contribution in [1.29, 1.82) is 0 Å². The second-order valence-corrected chi connectivity index (χ2v) is 9.06. The summed E-state index contributed by atoms with van der Waals surface area (Å²) in [6, 6.07) is 1.29. The molecule has 27 heavy (non-hydrogen) atoms. The van der Waals surface area contributed by atoms with Gasteiger partial charge in [-0.05, 0) is 44.4 Å². The zero-order valence-electron chi connectivity index (χ0n) is 16.7. The summed E-state index contributed by atoms with van der Waals surface area (Å²) in [6.45, 7) is 9.94. The highest BCUT2D eigenvalue weighted by molar-refractivity contribution is 6.10. The molecule has 2 fully saturated rings. The van der Waals surface area contributed by atoms with Crippen LogP contribution in [0.5, 0.6) is 0 Å². The Bertz CT molecular complexity index is 769. The summed E-state index contributed by atoms with van der Waals surface area (Å²) in [4.78, 5) is 39.1. The molecular formula is C19H29N5O3. The van der Waals surface area contributed by atoms with Crippen molar-refractivity contribution in [3.8, 4) is 0 Å². The predicted octanol–water partition coefficient (Wildman–Crippen LogP) is 2.54.